The van der Waals surface area contributed by atoms with Crippen molar-refractivity contribution in [3.05, 3.63) is 11.2 Å². The normalized spacial score (nSPS) is 12.6. The van der Waals surface area contributed by atoms with Crippen molar-refractivity contribution in [1.29, 1.82) is 0 Å². The first-order valence-electron chi connectivity index (χ1n) is 6.03. The van der Waals surface area contributed by atoms with Gasteiger partial charge in [0.15, 0.2) is 5.82 Å². The van der Waals surface area contributed by atoms with E-state index in [1.54, 1.807) is 0 Å². The summed E-state index contributed by atoms with van der Waals surface area (Å²) in [5, 5.41) is 13.4. The summed E-state index contributed by atoms with van der Waals surface area (Å²) >= 11 is 5.95. The molecule has 0 saturated heterocycles. The number of nitrogens with two attached hydrogens (primary N) is 1. The number of anilines is 2. The highest BCUT2D eigenvalue weighted by Crippen LogP contribution is 2.20. The van der Waals surface area contributed by atoms with Crippen LogP contribution in [0, 0.1) is 5.92 Å². The average molecular weight is 274 g/mol. The summed E-state index contributed by atoms with van der Waals surface area (Å²) < 4.78 is 0. The number of hydrogen-bond acceptors (Lipinski definition) is 6. The maximum absolute atomic E-state index is 10.00. The number of aliphatic hydroxyl groups excluding tert-OH is 1. The third kappa shape index (κ3) is 3.97. The highest BCUT2D eigenvalue weighted by molar-refractivity contribution is 6.32. The van der Waals surface area contributed by atoms with Gasteiger partial charge in [-0.2, -0.15) is 4.98 Å². The molecule has 0 fully saturated rings. The van der Waals surface area contributed by atoms with Crippen molar-refractivity contribution in [2.24, 2.45) is 11.8 Å². The fourth-order valence-corrected chi connectivity index (χ4v) is 1.92. The lowest BCUT2D eigenvalue weighted by Crippen LogP contribution is -2.28. The van der Waals surface area contributed by atoms with Crippen LogP contribution in [-0.4, -0.2) is 27.7 Å². The van der Waals surface area contributed by atoms with E-state index in [4.69, 9.17) is 17.4 Å². The van der Waals surface area contributed by atoms with Crippen LogP contribution in [0.25, 0.3) is 0 Å². The quantitative estimate of drug-likeness (QED) is 0.445. The van der Waals surface area contributed by atoms with Crippen molar-refractivity contribution in [3.63, 3.8) is 0 Å². The number of hydrogen-bond donors (Lipinski definition) is 4. The van der Waals surface area contributed by atoms with E-state index in [2.05, 4.69) is 34.6 Å². The molecular weight excluding hydrogens is 254 g/mol. The summed E-state index contributed by atoms with van der Waals surface area (Å²) in [5.41, 5.74) is 2.34. The minimum Gasteiger partial charge on any atom is -0.391 e. The molecule has 7 heteroatoms. The summed E-state index contributed by atoms with van der Waals surface area (Å²) in [5.74, 6) is 6.23. The predicted octanol–water partition coefficient (Wildman–Crippen LogP) is 1.62. The van der Waals surface area contributed by atoms with E-state index in [-0.39, 0.29) is 11.9 Å². The third-order valence-corrected chi connectivity index (χ3v) is 3.22. The van der Waals surface area contributed by atoms with Gasteiger partial charge in [0.1, 0.15) is 5.02 Å². The largest absolute Gasteiger partial charge is 0.391 e. The Hall–Kier alpha value is -1.11. The van der Waals surface area contributed by atoms with Gasteiger partial charge in [0, 0.05) is 6.54 Å². The first kappa shape index (κ1) is 14.9. The van der Waals surface area contributed by atoms with Gasteiger partial charge < -0.3 is 10.4 Å². The fraction of sp³-hybridized carbons (Fsp3) is 0.636. The van der Waals surface area contributed by atoms with Crippen LogP contribution in [0.15, 0.2) is 6.20 Å². The molecule has 1 rings (SSSR count). The van der Waals surface area contributed by atoms with Gasteiger partial charge in [-0.1, -0.05) is 38.3 Å². The molecule has 0 spiro atoms. The Morgan fingerprint density at radius 1 is 1.44 bits per heavy atom. The summed E-state index contributed by atoms with van der Waals surface area (Å²) in [7, 11) is 0. The second-order valence-electron chi connectivity index (χ2n) is 4.06. The van der Waals surface area contributed by atoms with Crippen molar-refractivity contribution < 1.29 is 5.11 Å². The summed E-state index contributed by atoms with van der Waals surface area (Å²) in [6.45, 7) is 4.52. The molecule has 1 heterocycles. The van der Waals surface area contributed by atoms with Crippen LogP contribution in [0.3, 0.4) is 0 Å². The molecule has 0 saturated carbocycles. The Morgan fingerprint density at radius 2 is 2.11 bits per heavy atom. The molecule has 1 aromatic heterocycles. The summed E-state index contributed by atoms with van der Waals surface area (Å²) in [6.07, 6.45) is 2.90. The highest BCUT2D eigenvalue weighted by atomic mass is 35.5. The van der Waals surface area contributed by atoms with Crippen LogP contribution in [-0.2, 0) is 0 Å². The molecule has 0 amide bonds. The maximum atomic E-state index is 10.00. The van der Waals surface area contributed by atoms with Crippen molar-refractivity contribution >= 4 is 23.4 Å². The molecule has 0 radical (unpaired) electrons. The zero-order valence-corrected chi connectivity index (χ0v) is 11.4. The summed E-state index contributed by atoms with van der Waals surface area (Å²) in [6, 6.07) is 0. The van der Waals surface area contributed by atoms with Crippen molar-refractivity contribution in [2.75, 3.05) is 17.3 Å². The van der Waals surface area contributed by atoms with Crippen LogP contribution >= 0.6 is 11.6 Å². The molecule has 0 aliphatic rings. The second-order valence-corrected chi connectivity index (χ2v) is 4.47. The van der Waals surface area contributed by atoms with E-state index in [1.165, 1.54) is 6.20 Å². The molecule has 1 atom stereocenters. The Kier molecular flexibility index (Phi) is 6.11. The topological polar surface area (TPSA) is 96.1 Å². The molecule has 102 valence electrons. The van der Waals surface area contributed by atoms with E-state index in [0.29, 0.717) is 17.4 Å². The first-order chi connectivity index (χ1) is 8.62. The van der Waals surface area contributed by atoms with Crippen molar-refractivity contribution in [3.8, 4) is 0 Å². The van der Waals surface area contributed by atoms with E-state index in [1.807, 2.05) is 0 Å². The average Bonchev–Trinajstić information content (AvgIpc) is 2.39. The predicted molar refractivity (Wildman–Crippen MR) is 73.4 cm³/mol. The number of halogens is 1. The van der Waals surface area contributed by atoms with E-state index in [0.717, 1.165) is 12.8 Å². The lowest BCUT2D eigenvalue weighted by molar-refractivity contribution is 0.114. The monoisotopic (exact) mass is 273 g/mol. The molecule has 1 aromatic rings. The molecule has 1 unspecified atom stereocenters. The van der Waals surface area contributed by atoms with Crippen LogP contribution in [0.2, 0.25) is 5.02 Å². The van der Waals surface area contributed by atoms with Crippen molar-refractivity contribution in [2.45, 2.75) is 32.8 Å². The maximum Gasteiger partial charge on any atom is 0.239 e. The van der Waals surface area contributed by atoms with Crippen LogP contribution in [0.1, 0.15) is 26.7 Å². The molecule has 5 N–H and O–H groups in total. The molecule has 6 nitrogen and oxygen atoms in total. The van der Waals surface area contributed by atoms with Gasteiger partial charge >= 0.3 is 0 Å². The Labute approximate surface area is 112 Å². The van der Waals surface area contributed by atoms with Gasteiger partial charge in [-0.05, 0) is 5.92 Å². The van der Waals surface area contributed by atoms with E-state index >= 15 is 0 Å². The lowest BCUT2D eigenvalue weighted by atomic mass is 9.97. The molecule has 0 aliphatic heterocycles. The zero-order chi connectivity index (χ0) is 13.5. The Morgan fingerprint density at radius 3 is 2.67 bits per heavy atom. The van der Waals surface area contributed by atoms with Gasteiger partial charge in [-0.15, -0.1) is 0 Å². The van der Waals surface area contributed by atoms with Gasteiger partial charge in [0.2, 0.25) is 5.95 Å². The van der Waals surface area contributed by atoms with E-state index in [9.17, 15) is 5.11 Å². The number of aliphatic hydroxyl groups is 1. The first-order valence-corrected chi connectivity index (χ1v) is 6.41. The minimum absolute atomic E-state index is 0.269. The van der Waals surface area contributed by atoms with E-state index < -0.39 is 6.10 Å². The third-order valence-electron chi connectivity index (χ3n) is 2.94. The molecule has 18 heavy (non-hydrogen) atoms. The molecule has 0 bridgehead atoms. The Bertz CT molecular complexity index is 372. The number of hydrazine groups is 1. The number of nitrogen functional groups attached to an aromatic ring is 1. The number of aromatic nitrogens is 2. The van der Waals surface area contributed by atoms with Gasteiger partial charge in [-0.25, -0.2) is 10.8 Å². The van der Waals surface area contributed by atoms with Gasteiger partial charge in [-0.3, -0.25) is 5.43 Å². The molecular formula is C11H20ClN5O. The van der Waals surface area contributed by atoms with Gasteiger partial charge in [0.05, 0.1) is 12.3 Å². The standard InChI is InChI=1S/C11H20ClN5O/c1-3-7(4-2)9(18)6-14-10-8(12)5-15-11(16-10)17-13/h5,7,9,18H,3-4,6,13H2,1-2H3,(H2,14,15,16,17). The second kappa shape index (κ2) is 7.35. The zero-order valence-electron chi connectivity index (χ0n) is 10.7. The number of nitrogens with zero attached hydrogens (tertiary/aromatic N) is 2. The molecule has 0 aromatic carbocycles. The fourth-order valence-electron chi connectivity index (χ4n) is 1.76. The van der Waals surface area contributed by atoms with Gasteiger partial charge in [0.25, 0.3) is 0 Å². The smallest absolute Gasteiger partial charge is 0.239 e. The van der Waals surface area contributed by atoms with Crippen LogP contribution in [0.5, 0.6) is 0 Å². The Balaban J connectivity index is 2.62. The van der Waals surface area contributed by atoms with Crippen molar-refractivity contribution in [1.82, 2.24) is 9.97 Å². The van der Waals surface area contributed by atoms with Crippen LogP contribution in [0.4, 0.5) is 11.8 Å². The molecule has 0 aliphatic carbocycles. The number of rotatable bonds is 7. The highest BCUT2D eigenvalue weighted by Gasteiger charge is 2.16. The summed E-state index contributed by atoms with van der Waals surface area (Å²) in [4.78, 5) is 7.94. The lowest BCUT2D eigenvalue weighted by Gasteiger charge is -2.20. The van der Waals surface area contributed by atoms with Crippen LogP contribution < -0.4 is 16.6 Å². The minimum atomic E-state index is -0.430. The SMILES string of the molecule is CCC(CC)C(O)CNc1nc(NN)ncc1Cl. The number of nitrogens with one attached hydrogen (secondary N) is 2.